The molecule has 7 heteroatoms. The van der Waals surface area contributed by atoms with Crippen molar-refractivity contribution in [3.05, 3.63) is 60.2 Å². The molecule has 128 valence electrons. The molecule has 0 radical (unpaired) electrons. The van der Waals surface area contributed by atoms with Crippen LogP contribution in [0.15, 0.2) is 59.5 Å². The monoisotopic (exact) mass is 348 g/mol. The first-order valence-electron chi connectivity index (χ1n) is 7.47. The van der Waals surface area contributed by atoms with E-state index in [1.54, 1.807) is 13.8 Å². The Morgan fingerprint density at radius 1 is 1.04 bits per heavy atom. The molecule has 2 aromatic carbocycles. The number of amides is 1. The summed E-state index contributed by atoms with van der Waals surface area (Å²) >= 11 is 0. The highest BCUT2D eigenvalue weighted by atomic mass is 32.2. The molecule has 0 saturated heterocycles. The van der Waals surface area contributed by atoms with Gasteiger partial charge in [0.05, 0.1) is 4.90 Å². The Morgan fingerprint density at radius 2 is 1.67 bits per heavy atom. The minimum absolute atomic E-state index is 0.138. The van der Waals surface area contributed by atoms with Crippen LogP contribution in [0.1, 0.15) is 19.4 Å². The first-order chi connectivity index (χ1) is 11.4. The number of hydrogen-bond acceptors (Lipinski definition) is 4. The number of carbonyl (C=O) groups excluding carboxylic acids is 1. The lowest BCUT2D eigenvalue weighted by molar-refractivity contribution is 0.155. The molecule has 0 aromatic heterocycles. The largest absolute Gasteiger partial charge is 0.444 e. The van der Waals surface area contributed by atoms with Crippen LogP contribution in [0.25, 0.3) is 0 Å². The summed E-state index contributed by atoms with van der Waals surface area (Å²) in [5.74, 6) is 0. The standard InChI is InChI=1S/C17H20N2O4S/c1-13(2)19-24(21,22)16-10-8-15(9-11-16)18-17(20)23-12-14-6-4-3-5-7-14/h3-11,13,19H,12H2,1-2H3,(H,18,20). The second-order valence-electron chi connectivity index (χ2n) is 5.49. The summed E-state index contributed by atoms with van der Waals surface area (Å²) in [5.41, 5.74) is 1.34. The number of benzene rings is 2. The van der Waals surface area contributed by atoms with Crippen LogP contribution >= 0.6 is 0 Å². The SMILES string of the molecule is CC(C)NS(=O)(=O)c1ccc(NC(=O)OCc2ccccc2)cc1. The molecule has 0 heterocycles. The lowest BCUT2D eigenvalue weighted by atomic mass is 10.2. The third-order valence-corrected chi connectivity index (χ3v) is 4.69. The fraction of sp³-hybridized carbons (Fsp3) is 0.235. The highest BCUT2D eigenvalue weighted by molar-refractivity contribution is 7.89. The molecule has 0 aliphatic heterocycles. The molecular formula is C17H20N2O4S. The van der Waals surface area contributed by atoms with Crippen LogP contribution in [0.2, 0.25) is 0 Å². The third kappa shape index (κ3) is 5.36. The molecular weight excluding hydrogens is 328 g/mol. The Bertz CT molecular complexity index is 772. The van der Waals surface area contributed by atoms with E-state index < -0.39 is 16.1 Å². The average molecular weight is 348 g/mol. The van der Waals surface area contributed by atoms with Gasteiger partial charge in [0.1, 0.15) is 6.61 Å². The van der Waals surface area contributed by atoms with Crippen LogP contribution in [0, 0.1) is 0 Å². The zero-order valence-corrected chi connectivity index (χ0v) is 14.3. The van der Waals surface area contributed by atoms with Crippen LogP contribution in [-0.4, -0.2) is 20.6 Å². The van der Waals surface area contributed by atoms with Crippen molar-refractivity contribution >= 4 is 21.8 Å². The highest BCUT2D eigenvalue weighted by Gasteiger charge is 2.15. The molecule has 2 aromatic rings. The molecule has 24 heavy (non-hydrogen) atoms. The van der Waals surface area contributed by atoms with Gasteiger partial charge in [-0.25, -0.2) is 17.9 Å². The van der Waals surface area contributed by atoms with Gasteiger partial charge in [0.2, 0.25) is 10.0 Å². The van der Waals surface area contributed by atoms with Crippen LogP contribution in [0.3, 0.4) is 0 Å². The lowest BCUT2D eigenvalue weighted by Crippen LogP contribution is -2.30. The maximum Gasteiger partial charge on any atom is 0.411 e. The minimum Gasteiger partial charge on any atom is -0.444 e. The van der Waals surface area contributed by atoms with E-state index in [2.05, 4.69) is 10.0 Å². The maximum absolute atomic E-state index is 12.0. The number of rotatable bonds is 6. The van der Waals surface area contributed by atoms with Gasteiger partial charge in [0.15, 0.2) is 0 Å². The molecule has 0 aliphatic carbocycles. The molecule has 0 bridgehead atoms. The summed E-state index contributed by atoms with van der Waals surface area (Å²) in [7, 11) is -3.54. The van der Waals surface area contributed by atoms with Gasteiger partial charge >= 0.3 is 6.09 Å². The van der Waals surface area contributed by atoms with E-state index in [0.717, 1.165) is 5.56 Å². The summed E-state index contributed by atoms with van der Waals surface area (Å²) in [6, 6.07) is 15.0. The minimum atomic E-state index is -3.54. The maximum atomic E-state index is 12.0. The smallest absolute Gasteiger partial charge is 0.411 e. The Morgan fingerprint density at radius 3 is 2.25 bits per heavy atom. The number of ether oxygens (including phenoxy) is 1. The van der Waals surface area contributed by atoms with Crippen molar-refractivity contribution in [1.82, 2.24) is 4.72 Å². The first kappa shape index (κ1) is 18.0. The Balaban J connectivity index is 1.92. The second-order valence-corrected chi connectivity index (χ2v) is 7.20. The number of anilines is 1. The zero-order chi connectivity index (χ0) is 17.6. The van der Waals surface area contributed by atoms with E-state index in [0.29, 0.717) is 5.69 Å². The molecule has 0 spiro atoms. The van der Waals surface area contributed by atoms with Crippen molar-refractivity contribution in [3.8, 4) is 0 Å². The third-order valence-electron chi connectivity index (χ3n) is 3.01. The molecule has 0 saturated carbocycles. The van der Waals surface area contributed by atoms with Gasteiger partial charge in [-0.05, 0) is 43.7 Å². The quantitative estimate of drug-likeness (QED) is 0.840. The molecule has 0 atom stereocenters. The molecule has 1 amide bonds. The van der Waals surface area contributed by atoms with Crippen LogP contribution < -0.4 is 10.0 Å². The predicted octanol–water partition coefficient (Wildman–Crippen LogP) is 3.12. The van der Waals surface area contributed by atoms with Gasteiger partial charge in [0, 0.05) is 11.7 Å². The van der Waals surface area contributed by atoms with Crippen LogP contribution in [0.5, 0.6) is 0 Å². The van der Waals surface area contributed by atoms with E-state index in [4.69, 9.17) is 4.74 Å². The fourth-order valence-corrected chi connectivity index (χ4v) is 3.22. The molecule has 6 nitrogen and oxygen atoms in total. The van der Waals surface area contributed by atoms with Crippen molar-refractivity contribution in [2.24, 2.45) is 0 Å². The van der Waals surface area contributed by atoms with Crippen molar-refractivity contribution < 1.29 is 17.9 Å². The number of hydrogen-bond donors (Lipinski definition) is 2. The van der Waals surface area contributed by atoms with Crippen LogP contribution in [0.4, 0.5) is 10.5 Å². The summed E-state index contributed by atoms with van der Waals surface area (Å²) in [5, 5.41) is 2.56. The van der Waals surface area contributed by atoms with E-state index >= 15 is 0 Å². The average Bonchev–Trinajstić information content (AvgIpc) is 2.53. The molecule has 2 N–H and O–H groups in total. The van der Waals surface area contributed by atoms with E-state index in [1.165, 1.54) is 24.3 Å². The summed E-state index contributed by atoms with van der Waals surface area (Å²) in [6.07, 6.45) is -0.602. The number of carbonyl (C=O) groups is 1. The van der Waals surface area contributed by atoms with E-state index in [9.17, 15) is 13.2 Å². The molecule has 0 unspecified atom stereocenters. The van der Waals surface area contributed by atoms with Crippen molar-refractivity contribution in [2.45, 2.75) is 31.4 Å². The molecule has 2 rings (SSSR count). The first-order valence-corrected chi connectivity index (χ1v) is 8.95. The van der Waals surface area contributed by atoms with Gasteiger partial charge < -0.3 is 4.74 Å². The fourth-order valence-electron chi connectivity index (χ4n) is 1.97. The molecule has 0 fully saturated rings. The number of nitrogens with one attached hydrogen (secondary N) is 2. The Labute approximate surface area is 141 Å². The topological polar surface area (TPSA) is 84.5 Å². The predicted molar refractivity (Wildman–Crippen MR) is 92.1 cm³/mol. The van der Waals surface area contributed by atoms with Gasteiger partial charge in [-0.3, -0.25) is 5.32 Å². The Kier molecular flexibility index (Phi) is 5.94. The van der Waals surface area contributed by atoms with Gasteiger partial charge in [-0.2, -0.15) is 0 Å². The Hall–Kier alpha value is -2.38. The summed E-state index contributed by atoms with van der Waals surface area (Å²) < 4.78 is 31.6. The normalized spacial score (nSPS) is 11.3. The molecule has 0 aliphatic rings. The summed E-state index contributed by atoms with van der Waals surface area (Å²) in [4.78, 5) is 11.9. The second kappa shape index (κ2) is 7.94. The van der Waals surface area contributed by atoms with E-state index in [1.807, 2.05) is 30.3 Å². The van der Waals surface area contributed by atoms with Gasteiger partial charge in [-0.1, -0.05) is 30.3 Å². The van der Waals surface area contributed by atoms with Crippen molar-refractivity contribution in [3.63, 3.8) is 0 Å². The summed E-state index contributed by atoms with van der Waals surface area (Å²) in [6.45, 7) is 3.66. The lowest BCUT2D eigenvalue weighted by Gasteiger charge is -2.10. The number of sulfonamides is 1. The van der Waals surface area contributed by atoms with Gasteiger partial charge in [-0.15, -0.1) is 0 Å². The van der Waals surface area contributed by atoms with Gasteiger partial charge in [0.25, 0.3) is 0 Å². The van der Waals surface area contributed by atoms with E-state index in [-0.39, 0.29) is 17.5 Å². The highest BCUT2D eigenvalue weighted by Crippen LogP contribution is 2.15. The van der Waals surface area contributed by atoms with Crippen molar-refractivity contribution in [1.29, 1.82) is 0 Å². The van der Waals surface area contributed by atoms with Crippen molar-refractivity contribution in [2.75, 3.05) is 5.32 Å². The zero-order valence-electron chi connectivity index (χ0n) is 13.5. The van der Waals surface area contributed by atoms with Crippen LogP contribution in [-0.2, 0) is 21.4 Å².